The van der Waals surface area contributed by atoms with Gasteiger partial charge in [-0.1, -0.05) is 0 Å². The van der Waals surface area contributed by atoms with Gasteiger partial charge in [-0.2, -0.15) is 0 Å². The van der Waals surface area contributed by atoms with Crippen molar-refractivity contribution < 1.29 is 29.2 Å². The van der Waals surface area contributed by atoms with Crippen LogP contribution in [0.5, 0.6) is 0 Å². The summed E-state index contributed by atoms with van der Waals surface area (Å²) in [6.07, 6.45) is -3.10. The predicted octanol–water partition coefficient (Wildman–Crippen LogP) is -0.967. The lowest BCUT2D eigenvalue weighted by atomic mass is 10.0. The van der Waals surface area contributed by atoms with Crippen LogP contribution in [-0.2, 0) is 19.0 Å². The molecule has 1 unspecified atom stereocenters. The molecule has 88 valence electrons. The second-order valence-corrected chi connectivity index (χ2v) is 3.46. The lowest BCUT2D eigenvalue weighted by molar-refractivity contribution is -0.263. The van der Waals surface area contributed by atoms with Crippen LogP contribution in [0.25, 0.3) is 0 Å². The van der Waals surface area contributed by atoms with E-state index in [1.54, 1.807) is 0 Å². The summed E-state index contributed by atoms with van der Waals surface area (Å²) in [5.41, 5.74) is 0. The molecule has 1 heterocycles. The van der Waals surface area contributed by atoms with Gasteiger partial charge in [0.2, 0.25) is 0 Å². The molecule has 0 aromatic heterocycles. The molecule has 0 aromatic carbocycles. The van der Waals surface area contributed by atoms with Crippen molar-refractivity contribution in [2.45, 2.75) is 37.9 Å². The van der Waals surface area contributed by atoms with E-state index in [4.69, 9.17) is 14.2 Å². The van der Waals surface area contributed by atoms with Crippen molar-refractivity contribution in [1.29, 1.82) is 0 Å². The Bertz CT molecular complexity index is 219. The predicted molar refractivity (Wildman–Crippen MR) is 48.9 cm³/mol. The molecule has 0 bridgehead atoms. The van der Waals surface area contributed by atoms with E-state index >= 15 is 0 Å². The maximum Gasteiger partial charge on any atom is 0.302 e. The number of methoxy groups -OCH3 is 1. The van der Waals surface area contributed by atoms with Crippen LogP contribution in [0.15, 0.2) is 0 Å². The highest BCUT2D eigenvalue weighted by Gasteiger charge is 2.37. The summed E-state index contributed by atoms with van der Waals surface area (Å²) in [6, 6.07) is 0. The Morgan fingerprint density at radius 3 is 2.73 bits per heavy atom. The van der Waals surface area contributed by atoms with Crippen molar-refractivity contribution in [3.05, 3.63) is 0 Å². The van der Waals surface area contributed by atoms with Crippen molar-refractivity contribution in [2.24, 2.45) is 0 Å². The Balaban J connectivity index is 2.44. The van der Waals surface area contributed by atoms with E-state index in [1.165, 1.54) is 14.0 Å². The molecule has 0 saturated carbocycles. The molecule has 1 fully saturated rings. The van der Waals surface area contributed by atoms with Crippen LogP contribution < -0.4 is 0 Å². The van der Waals surface area contributed by atoms with Gasteiger partial charge in [-0.25, -0.2) is 0 Å². The number of hydrogen-bond acceptors (Lipinski definition) is 6. The molecule has 0 radical (unpaired) electrons. The van der Waals surface area contributed by atoms with Gasteiger partial charge in [0.1, 0.15) is 12.7 Å². The van der Waals surface area contributed by atoms with Gasteiger partial charge in [-0.15, -0.1) is 0 Å². The third-order valence-electron chi connectivity index (χ3n) is 2.21. The van der Waals surface area contributed by atoms with Gasteiger partial charge in [0.25, 0.3) is 0 Å². The van der Waals surface area contributed by atoms with Crippen LogP contribution in [-0.4, -0.2) is 54.5 Å². The smallest absolute Gasteiger partial charge is 0.302 e. The monoisotopic (exact) mass is 220 g/mol. The Morgan fingerprint density at radius 1 is 1.53 bits per heavy atom. The fourth-order valence-corrected chi connectivity index (χ4v) is 1.43. The first-order chi connectivity index (χ1) is 7.04. The molecule has 6 nitrogen and oxygen atoms in total. The number of aliphatic hydroxyl groups is 2. The van der Waals surface area contributed by atoms with Gasteiger partial charge in [0.05, 0.1) is 12.2 Å². The van der Waals surface area contributed by atoms with E-state index in [9.17, 15) is 15.0 Å². The standard InChI is InChI=1S/C9H16O6/c1-5(10)14-4-6-3-7(11)8(12)9(13-2)15-6/h6-9,11-12H,3-4H2,1-2H3/t6-,7?,8+,9+/m0/s1. The minimum absolute atomic E-state index is 0.0545. The molecule has 1 aliphatic heterocycles. The lowest BCUT2D eigenvalue weighted by Crippen LogP contribution is -2.50. The van der Waals surface area contributed by atoms with Crippen molar-refractivity contribution in [2.75, 3.05) is 13.7 Å². The molecule has 2 N–H and O–H groups in total. The van der Waals surface area contributed by atoms with E-state index in [-0.39, 0.29) is 13.0 Å². The molecule has 0 amide bonds. The van der Waals surface area contributed by atoms with E-state index in [0.717, 1.165) is 0 Å². The fourth-order valence-electron chi connectivity index (χ4n) is 1.43. The first-order valence-electron chi connectivity index (χ1n) is 4.72. The third-order valence-corrected chi connectivity index (χ3v) is 2.21. The second-order valence-electron chi connectivity index (χ2n) is 3.46. The second kappa shape index (κ2) is 5.41. The Morgan fingerprint density at radius 2 is 2.20 bits per heavy atom. The third kappa shape index (κ3) is 3.42. The van der Waals surface area contributed by atoms with Gasteiger partial charge >= 0.3 is 5.97 Å². The van der Waals surface area contributed by atoms with Gasteiger partial charge in [-0.3, -0.25) is 4.79 Å². The maximum absolute atomic E-state index is 10.6. The van der Waals surface area contributed by atoms with Gasteiger partial charge in [0, 0.05) is 20.5 Å². The normalized spacial score (nSPS) is 36.3. The van der Waals surface area contributed by atoms with Crippen molar-refractivity contribution >= 4 is 5.97 Å². The number of hydrogen-bond donors (Lipinski definition) is 2. The summed E-state index contributed by atoms with van der Waals surface area (Å²) in [6.45, 7) is 1.35. The summed E-state index contributed by atoms with van der Waals surface area (Å²) >= 11 is 0. The topological polar surface area (TPSA) is 85.2 Å². The molecule has 6 heteroatoms. The summed E-state index contributed by atoms with van der Waals surface area (Å²) in [5, 5.41) is 18.9. The van der Waals surface area contributed by atoms with E-state index < -0.39 is 30.6 Å². The molecule has 1 aliphatic rings. The lowest BCUT2D eigenvalue weighted by Gasteiger charge is -2.35. The zero-order valence-corrected chi connectivity index (χ0v) is 8.75. The van der Waals surface area contributed by atoms with Crippen molar-refractivity contribution in [1.82, 2.24) is 0 Å². The number of carbonyl (C=O) groups excluding carboxylic acids is 1. The molecule has 1 saturated heterocycles. The van der Waals surface area contributed by atoms with Crippen LogP contribution >= 0.6 is 0 Å². The summed E-state index contributed by atoms with van der Waals surface area (Å²) < 4.78 is 14.8. The molecule has 0 spiro atoms. The average molecular weight is 220 g/mol. The summed E-state index contributed by atoms with van der Waals surface area (Å²) in [5.74, 6) is -0.409. The van der Waals surface area contributed by atoms with Crippen LogP contribution in [0.3, 0.4) is 0 Å². The number of esters is 1. The summed E-state index contributed by atoms with van der Waals surface area (Å²) in [7, 11) is 1.37. The summed E-state index contributed by atoms with van der Waals surface area (Å²) in [4.78, 5) is 10.6. The van der Waals surface area contributed by atoms with Crippen LogP contribution in [0.4, 0.5) is 0 Å². The minimum atomic E-state index is -1.07. The SMILES string of the molecule is CO[C@@H]1O[C@H](COC(C)=O)CC(O)[C@H]1O. The quantitative estimate of drug-likeness (QED) is 0.595. The maximum atomic E-state index is 10.6. The Labute approximate surface area is 87.7 Å². The highest BCUT2D eigenvalue weighted by atomic mass is 16.7. The zero-order valence-electron chi connectivity index (χ0n) is 8.75. The highest BCUT2D eigenvalue weighted by molar-refractivity contribution is 5.65. The number of rotatable bonds is 3. The first-order valence-corrected chi connectivity index (χ1v) is 4.72. The van der Waals surface area contributed by atoms with E-state index in [2.05, 4.69) is 0 Å². The van der Waals surface area contributed by atoms with Gasteiger partial charge in [-0.05, 0) is 0 Å². The molecule has 4 atom stereocenters. The van der Waals surface area contributed by atoms with Crippen LogP contribution in [0, 0.1) is 0 Å². The molecule has 15 heavy (non-hydrogen) atoms. The number of aliphatic hydroxyl groups excluding tert-OH is 2. The largest absolute Gasteiger partial charge is 0.463 e. The molecule has 0 aliphatic carbocycles. The van der Waals surface area contributed by atoms with Gasteiger partial charge < -0.3 is 24.4 Å². The van der Waals surface area contributed by atoms with Crippen LogP contribution in [0.1, 0.15) is 13.3 Å². The molecule has 0 aromatic rings. The van der Waals surface area contributed by atoms with Crippen LogP contribution in [0.2, 0.25) is 0 Å². The zero-order chi connectivity index (χ0) is 11.4. The van der Waals surface area contributed by atoms with E-state index in [1.807, 2.05) is 0 Å². The number of ether oxygens (including phenoxy) is 3. The van der Waals surface area contributed by atoms with Crippen molar-refractivity contribution in [3.63, 3.8) is 0 Å². The fraction of sp³-hybridized carbons (Fsp3) is 0.889. The molecular formula is C9H16O6. The first kappa shape index (κ1) is 12.4. The van der Waals surface area contributed by atoms with Gasteiger partial charge in [0.15, 0.2) is 6.29 Å². The highest BCUT2D eigenvalue weighted by Crippen LogP contribution is 2.21. The van der Waals surface area contributed by atoms with Crippen molar-refractivity contribution in [3.8, 4) is 0 Å². The average Bonchev–Trinajstić information content (AvgIpc) is 2.19. The Kier molecular flexibility index (Phi) is 4.46. The molecular weight excluding hydrogens is 204 g/mol. The van der Waals surface area contributed by atoms with E-state index in [0.29, 0.717) is 0 Å². The number of carbonyl (C=O) groups is 1. The Hall–Kier alpha value is -0.690. The minimum Gasteiger partial charge on any atom is -0.463 e. The molecule has 1 rings (SSSR count).